The van der Waals surface area contributed by atoms with Gasteiger partial charge in [-0.3, -0.25) is 4.99 Å². The van der Waals surface area contributed by atoms with Crippen molar-refractivity contribution < 1.29 is 4.74 Å². The number of hydrogen-bond donors (Lipinski definition) is 2. The fourth-order valence-electron chi connectivity index (χ4n) is 3.10. The molecule has 0 radical (unpaired) electrons. The molecule has 27 heavy (non-hydrogen) atoms. The van der Waals surface area contributed by atoms with Gasteiger partial charge in [0.15, 0.2) is 5.96 Å². The predicted octanol–water partition coefficient (Wildman–Crippen LogP) is 2.78. The zero-order valence-corrected chi connectivity index (χ0v) is 19.5. The maximum atomic E-state index is 5.59. The van der Waals surface area contributed by atoms with E-state index in [0.717, 1.165) is 70.3 Å². The standard InChI is InChI=1S/C19H36N6O.HI/c1-16(2)15-26-14-8-12-22-19(20-3)21-11-7-10-18-24-23-17-9-5-4-6-13-25(17)18;/h16H,4-15H2,1-3H3,(H2,20,21,22);1H. The Kier molecular flexibility index (Phi) is 12.6. The van der Waals surface area contributed by atoms with Crippen molar-refractivity contribution in [1.29, 1.82) is 0 Å². The molecule has 156 valence electrons. The minimum Gasteiger partial charge on any atom is -0.381 e. The number of hydrogen-bond acceptors (Lipinski definition) is 4. The number of fused-ring (bicyclic) bond motifs is 1. The Morgan fingerprint density at radius 2 is 1.93 bits per heavy atom. The molecule has 1 aliphatic heterocycles. The zero-order chi connectivity index (χ0) is 18.6. The molecule has 0 bridgehead atoms. The number of nitrogens with one attached hydrogen (secondary N) is 2. The van der Waals surface area contributed by atoms with Crippen molar-refractivity contribution >= 4 is 29.9 Å². The number of ether oxygens (including phenoxy) is 1. The highest BCUT2D eigenvalue weighted by atomic mass is 127. The lowest BCUT2D eigenvalue weighted by molar-refractivity contribution is 0.108. The summed E-state index contributed by atoms with van der Waals surface area (Å²) >= 11 is 0. The molecule has 8 heteroatoms. The van der Waals surface area contributed by atoms with E-state index < -0.39 is 0 Å². The van der Waals surface area contributed by atoms with E-state index in [-0.39, 0.29) is 24.0 Å². The Morgan fingerprint density at radius 3 is 2.67 bits per heavy atom. The molecule has 0 unspecified atom stereocenters. The minimum absolute atomic E-state index is 0. The fourth-order valence-corrected chi connectivity index (χ4v) is 3.10. The quantitative estimate of drug-likeness (QED) is 0.227. The fraction of sp³-hybridized carbons (Fsp3) is 0.842. The largest absolute Gasteiger partial charge is 0.381 e. The van der Waals surface area contributed by atoms with Gasteiger partial charge in [-0.2, -0.15) is 0 Å². The van der Waals surface area contributed by atoms with Crippen molar-refractivity contribution in [3.8, 4) is 0 Å². The van der Waals surface area contributed by atoms with E-state index >= 15 is 0 Å². The molecule has 0 atom stereocenters. The number of guanidine groups is 1. The van der Waals surface area contributed by atoms with Gasteiger partial charge in [0.2, 0.25) is 0 Å². The van der Waals surface area contributed by atoms with Crippen LogP contribution in [-0.2, 0) is 24.1 Å². The Hall–Kier alpha value is -0.900. The van der Waals surface area contributed by atoms with Gasteiger partial charge in [-0.15, -0.1) is 34.2 Å². The predicted molar refractivity (Wildman–Crippen MR) is 121 cm³/mol. The molecule has 7 nitrogen and oxygen atoms in total. The van der Waals surface area contributed by atoms with Gasteiger partial charge in [0.25, 0.3) is 0 Å². The van der Waals surface area contributed by atoms with E-state index in [0.29, 0.717) is 5.92 Å². The Bertz CT molecular complexity index is 546. The summed E-state index contributed by atoms with van der Waals surface area (Å²) in [6.07, 6.45) is 7.82. The van der Waals surface area contributed by atoms with E-state index in [1.165, 1.54) is 25.1 Å². The first-order valence-corrected chi connectivity index (χ1v) is 10.1. The van der Waals surface area contributed by atoms with Crippen LogP contribution in [-0.4, -0.2) is 54.1 Å². The summed E-state index contributed by atoms with van der Waals surface area (Å²) in [6, 6.07) is 0. The summed E-state index contributed by atoms with van der Waals surface area (Å²) in [7, 11) is 1.81. The second-order valence-corrected chi connectivity index (χ2v) is 7.35. The third-order valence-corrected chi connectivity index (χ3v) is 4.49. The van der Waals surface area contributed by atoms with Crippen molar-refractivity contribution in [3.63, 3.8) is 0 Å². The van der Waals surface area contributed by atoms with Crippen LogP contribution >= 0.6 is 24.0 Å². The number of aliphatic imine (C=N–C) groups is 1. The molecular formula is C19H37IN6O. The van der Waals surface area contributed by atoms with Crippen LogP contribution in [0.5, 0.6) is 0 Å². The Balaban J connectivity index is 0.00000364. The van der Waals surface area contributed by atoms with Gasteiger partial charge < -0.3 is 19.9 Å². The maximum Gasteiger partial charge on any atom is 0.190 e. The summed E-state index contributed by atoms with van der Waals surface area (Å²) in [5, 5.41) is 15.5. The van der Waals surface area contributed by atoms with Crippen molar-refractivity contribution in [2.75, 3.05) is 33.4 Å². The molecule has 0 amide bonds. The van der Waals surface area contributed by atoms with Gasteiger partial charge in [0, 0.05) is 52.7 Å². The van der Waals surface area contributed by atoms with Crippen LogP contribution in [0.25, 0.3) is 0 Å². The van der Waals surface area contributed by atoms with Gasteiger partial charge in [0.05, 0.1) is 0 Å². The smallest absolute Gasteiger partial charge is 0.190 e. The summed E-state index contributed by atoms with van der Waals surface area (Å²) in [5.74, 6) is 3.75. The molecule has 0 saturated heterocycles. The molecule has 1 aromatic rings. The number of nitrogens with zero attached hydrogens (tertiary/aromatic N) is 4. The monoisotopic (exact) mass is 492 g/mol. The minimum atomic E-state index is 0. The number of halogens is 1. The molecule has 2 rings (SSSR count). The van der Waals surface area contributed by atoms with E-state index in [2.05, 4.69) is 44.2 Å². The Labute approximate surface area is 181 Å². The van der Waals surface area contributed by atoms with E-state index in [1.54, 1.807) is 0 Å². The number of aromatic nitrogens is 3. The number of aryl methyl sites for hydroxylation is 2. The molecule has 1 aliphatic rings. The van der Waals surface area contributed by atoms with Crippen LogP contribution in [0.15, 0.2) is 4.99 Å². The molecule has 0 aromatic carbocycles. The van der Waals surface area contributed by atoms with Gasteiger partial charge in [-0.1, -0.05) is 20.3 Å². The summed E-state index contributed by atoms with van der Waals surface area (Å²) in [6.45, 7) is 8.79. The normalized spacial score (nSPS) is 14.4. The number of rotatable bonds is 10. The van der Waals surface area contributed by atoms with E-state index in [9.17, 15) is 0 Å². The lowest BCUT2D eigenvalue weighted by atomic mass is 10.2. The highest BCUT2D eigenvalue weighted by molar-refractivity contribution is 14.0. The lowest BCUT2D eigenvalue weighted by Gasteiger charge is -2.12. The second kappa shape index (κ2) is 14.1. The van der Waals surface area contributed by atoms with Gasteiger partial charge >= 0.3 is 0 Å². The first-order valence-electron chi connectivity index (χ1n) is 10.1. The van der Waals surface area contributed by atoms with Crippen LogP contribution < -0.4 is 10.6 Å². The average molecular weight is 492 g/mol. The third kappa shape index (κ3) is 9.23. The third-order valence-electron chi connectivity index (χ3n) is 4.49. The maximum absolute atomic E-state index is 5.59. The van der Waals surface area contributed by atoms with Crippen LogP contribution in [0.1, 0.15) is 57.6 Å². The van der Waals surface area contributed by atoms with Crippen molar-refractivity contribution in [1.82, 2.24) is 25.4 Å². The molecular weight excluding hydrogens is 455 g/mol. The molecule has 0 fully saturated rings. The molecule has 1 aromatic heterocycles. The topological polar surface area (TPSA) is 76.4 Å². The summed E-state index contributed by atoms with van der Waals surface area (Å²) in [5.41, 5.74) is 0. The SMILES string of the molecule is CN=C(NCCCOCC(C)C)NCCCc1nnc2n1CCCCC2.I. The first-order chi connectivity index (χ1) is 12.7. The van der Waals surface area contributed by atoms with E-state index in [1.807, 2.05) is 7.05 Å². The molecule has 2 heterocycles. The summed E-state index contributed by atoms with van der Waals surface area (Å²) < 4.78 is 7.92. The molecule has 0 spiro atoms. The highest BCUT2D eigenvalue weighted by Gasteiger charge is 2.14. The van der Waals surface area contributed by atoms with Gasteiger partial charge in [-0.05, 0) is 31.6 Å². The van der Waals surface area contributed by atoms with E-state index in [4.69, 9.17) is 4.74 Å². The average Bonchev–Trinajstić information content (AvgIpc) is 2.86. The van der Waals surface area contributed by atoms with Crippen molar-refractivity contribution in [3.05, 3.63) is 11.6 Å². The molecule has 0 saturated carbocycles. The second-order valence-electron chi connectivity index (χ2n) is 7.35. The first kappa shape index (κ1) is 24.1. The summed E-state index contributed by atoms with van der Waals surface area (Å²) in [4.78, 5) is 4.27. The van der Waals surface area contributed by atoms with Crippen LogP contribution in [0, 0.1) is 5.92 Å². The van der Waals surface area contributed by atoms with Crippen LogP contribution in [0.2, 0.25) is 0 Å². The Morgan fingerprint density at radius 1 is 1.15 bits per heavy atom. The molecule has 2 N–H and O–H groups in total. The van der Waals surface area contributed by atoms with Crippen LogP contribution in [0.3, 0.4) is 0 Å². The van der Waals surface area contributed by atoms with Crippen LogP contribution in [0.4, 0.5) is 0 Å². The van der Waals surface area contributed by atoms with Crippen molar-refractivity contribution in [2.24, 2.45) is 10.9 Å². The lowest BCUT2D eigenvalue weighted by Crippen LogP contribution is -2.38. The molecule has 0 aliphatic carbocycles. The van der Waals surface area contributed by atoms with Gasteiger partial charge in [-0.25, -0.2) is 0 Å². The van der Waals surface area contributed by atoms with Gasteiger partial charge in [0.1, 0.15) is 11.6 Å². The zero-order valence-electron chi connectivity index (χ0n) is 17.2. The highest BCUT2D eigenvalue weighted by Crippen LogP contribution is 2.15. The van der Waals surface area contributed by atoms with Crippen molar-refractivity contribution in [2.45, 2.75) is 65.3 Å².